The molecule has 1 aliphatic rings. The van der Waals surface area contributed by atoms with Crippen LogP contribution in [0.25, 0.3) is 0 Å². The van der Waals surface area contributed by atoms with Gasteiger partial charge in [0.25, 0.3) is 29.0 Å². The van der Waals surface area contributed by atoms with Crippen LogP contribution in [-0.4, -0.2) is 84.8 Å². The number of esters is 1. The number of oxime groups is 1. The number of aromatic carboxylic acids is 2. The van der Waals surface area contributed by atoms with E-state index in [9.17, 15) is 53.8 Å². The smallest absolute Gasteiger partial charge is 0.339 e. The molecule has 10 rings (SSSR count). The number of rotatable bonds is 9. The zero-order chi connectivity index (χ0) is 81.0. The molecule has 9 N–H and O–H groups in total. The van der Waals surface area contributed by atoms with E-state index in [4.69, 9.17) is 31.6 Å². The third-order valence-electron chi connectivity index (χ3n) is 14.0. The van der Waals surface area contributed by atoms with Gasteiger partial charge in [-0.3, -0.25) is 39.4 Å². The first-order chi connectivity index (χ1) is 49.8. The number of alkyl halides is 1. The van der Waals surface area contributed by atoms with E-state index in [1.807, 2.05) is 117 Å². The van der Waals surface area contributed by atoms with E-state index < -0.39 is 29.5 Å². The van der Waals surface area contributed by atoms with Gasteiger partial charge in [-0.15, -0.1) is 0 Å². The Hall–Kier alpha value is -6.43. The van der Waals surface area contributed by atoms with Gasteiger partial charge in [-0.2, -0.15) is 0 Å². The number of anilines is 4. The molecule has 2 amide bonds. The van der Waals surface area contributed by atoms with Crippen molar-refractivity contribution in [2.75, 3.05) is 33.6 Å². The predicted octanol–water partition coefficient (Wildman–Crippen LogP) is 22.9. The van der Waals surface area contributed by atoms with Crippen molar-refractivity contribution in [3.63, 3.8) is 0 Å². The monoisotopic (exact) mass is 2290 g/mol. The van der Waals surface area contributed by atoms with Gasteiger partial charge >= 0.3 is 17.9 Å². The summed E-state index contributed by atoms with van der Waals surface area (Å²) in [6, 6.07) is 43.7. The Labute approximate surface area is 720 Å². The van der Waals surface area contributed by atoms with Crippen LogP contribution in [0.5, 0.6) is 0 Å². The van der Waals surface area contributed by atoms with E-state index in [0.29, 0.717) is 51.5 Å². The van der Waals surface area contributed by atoms with E-state index in [2.05, 4.69) is 188 Å². The van der Waals surface area contributed by atoms with Crippen LogP contribution >= 0.6 is 195 Å². The zero-order valence-electron chi connectivity index (χ0n) is 57.7. The fraction of sp³-hybridized carbons (Fsp3) is 0.151. The topological polar surface area (TPSA) is 364 Å². The van der Waals surface area contributed by atoms with Crippen molar-refractivity contribution in [1.82, 2.24) is 0 Å². The number of nitrogens with one attached hydrogen (secondary N) is 2. The van der Waals surface area contributed by atoms with Crippen molar-refractivity contribution in [2.24, 2.45) is 5.16 Å². The number of halogens is 11. The third kappa shape index (κ3) is 31.6. The number of aldehydes is 1. The quantitative estimate of drug-likeness (QED) is 0.00674. The Kier molecular flexibility index (Phi) is 46.3. The van der Waals surface area contributed by atoms with Crippen LogP contribution < -0.4 is 22.1 Å². The van der Waals surface area contributed by atoms with Gasteiger partial charge in [-0.05, 0) is 231 Å². The molecule has 1 aliphatic heterocycles. The molecule has 0 saturated carbocycles. The molecule has 0 fully saturated rings. The first kappa shape index (κ1) is 97.6. The van der Waals surface area contributed by atoms with Crippen LogP contribution in [-0.2, 0) is 14.3 Å². The maximum absolute atomic E-state index is 11.5. The average Bonchev–Trinajstić information content (AvgIpc) is 1.63. The second kappa shape index (κ2) is 50.3. The summed E-state index contributed by atoms with van der Waals surface area (Å²) in [6.07, 6.45) is 1.64. The number of carboxylic acid groups (broad SMARTS) is 2. The van der Waals surface area contributed by atoms with Crippen LogP contribution in [0.1, 0.15) is 103 Å². The molecule has 0 aliphatic carbocycles. The van der Waals surface area contributed by atoms with Crippen molar-refractivity contribution in [1.29, 1.82) is 0 Å². The van der Waals surface area contributed by atoms with E-state index >= 15 is 0 Å². The number of ether oxygens (including phenoxy) is 1. The molecule has 0 spiro atoms. The molecule has 0 saturated heterocycles. The average molecular weight is 2300 g/mol. The Balaban J connectivity index is 0.000000597. The maximum Gasteiger partial charge on any atom is 0.339 e. The van der Waals surface area contributed by atoms with Gasteiger partial charge in [0.15, 0.2) is 0 Å². The molecule has 106 heavy (non-hydrogen) atoms. The zero-order valence-corrected chi connectivity index (χ0v) is 76.9. The second-order valence-electron chi connectivity index (χ2n) is 20.8. The number of amides is 2. The van der Waals surface area contributed by atoms with E-state index in [0.717, 1.165) is 100 Å². The number of hydrogen-bond donors (Lipinski definition) is 7. The molecular weight excluding hydrogens is 2230 g/mol. The fourth-order valence-corrected chi connectivity index (χ4v) is 12.7. The number of nitro groups is 2. The highest BCUT2D eigenvalue weighted by Gasteiger charge is 2.29. The lowest BCUT2D eigenvalue weighted by molar-refractivity contribution is -0.385. The van der Waals surface area contributed by atoms with Crippen LogP contribution in [0.4, 0.5) is 34.1 Å². The first-order valence-electron chi connectivity index (χ1n) is 29.9. The minimum Gasteiger partial charge on any atom is -0.478 e. The summed E-state index contributed by atoms with van der Waals surface area (Å²) in [5.41, 5.74) is 23.3. The summed E-state index contributed by atoms with van der Waals surface area (Å²) in [5.74, 6) is -3.60. The standard InChI is InChI=1S/C10H10BrIO2.C9H9BrN2O2.C9H6BrNO2.C8H6BrIO2.C8H8BrNO2.2C7H6BrNO2.C7H8BrN.C7H6O.CH3I/c1-3-14-10(13)7-4-5-8(11)6(2)9(7)12;1-6-7(10)3-2-4-8(6)12-9(13)5-11-14;1-4-6(10)3-2-5-7(4)11-9(13)8(5)12;2*1-4-6(9)3-2-5(7(4)10)8(11)12;2*1-5-6(8)3-2-4-7(5)9(10)11;1-5-6(8)3-2-4-7(5)9;8-6-7-4-2-1-3-5-7;1-2/h4-5H,3H2,1-2H3;2-5,14H,1H3,(H,12,13);2-3H,1H3,(H,11,12,13);2-3H,1H3,(H,11,12);2-3H,10H2,1H3,(H,11,12);2*2-4H,1H3;2-4H,9H2,1H3;1-6H;1H3/b;11-5+;;;;;;;;. The number of carbonyl (C=O) groups excluding carboxylic acids is 5. The Bertz CT molecular complexity index is 4510. The normalized spacial score (nSPS) is 10.2. The van der Waals surface area contributed by atoms with Gasteiger partial charge in [0, 0.05) is 83.1 Å². The molecule has 0 radical (unpaired) electrons. The summed E-state index contributed by atoms with van der Waals surface area (Å²) in [4.78, 5) is 97.9. The SMILES string of the molecule is CCOC(=O)c1ccc(Br)c(C)c1I.CI.Cc1c(Br)ccc(C(=O)O)c1I.Cc1c(Br)ccc(C(=O)O)c1N.Cc1c(Br)ccc2c1NC(=O)C2=O.Cc1c(Br)cccc1NC(=O)/C=N/O.Cc1c(Br)cccc1[N+](=O)[O-].Cc1c(Br)cccc1[N+](=O)[O-].Cc1c(N)cccc1Br.O=Cc1ccccc1. The summed E-state index contributed by atoms with van der Waals surface area (Å²) >= 11 is 32.8. The number of nitro benzene ring substituents is 2. The molecule has 0 aromatic heterocycles. The molecule has 0 bridgehead atoms. The van der Waals surface area contributed by atoms with Crippen molar-refractivity contribution in [3.8, 4) is 0 Å². The lowest BCUT2D eigenvalue weighted by Gasteiger charge is -2.07. The molecule has 0 unspecified atom stereocenters. The number of ketones is 1. The summed E-state index contributed by atoms with van der Waals surface area (Å²) in [5, 5.41) is 54.0. The van der Waals surface area contributed by atoms with Gasteiger partial charge in [0.05, 0.1) is 50.1 Å². The van der Waals surface area contributed by atoms with Gasteiger partial charge in [-0.25, -0.2) is 14.4 Å². The minimum atomic E-state index is -0.997. The first-order valence-corrected chi connectivity index (χ1v) is 40.6. The van der Waals surface area contributed by atoms with Crippen LogP contribution in [0.15, 0.2) is 193 Å². The number of benzene rings is 9. The van der Waals surface area contributed by atoms with E-state index in [1.165, 1.54) is 18.2 Å². The Morgan fingerprint density at radius 3 is 1.34 bits per heavy atom. The number of nitrogens with zero attached hydrogens (tertiary/aromatic N) is 3. The molecule has 1 heterocycles. The van der Waals surface area contributed by atoms with Gasteiger partial charge in [-0.1, -0.05) is 210 Å². The van der Waals surface area contributed by atoms with Gasteiger partial charge in [0.2, 0.25) is 0 Å². The van der Waals surface area contributed by atoms with Crippen LogP contribution in [0.2, 0.25) is 0 Å². The predicted molar refractivity (Wildman–Crippen MR) is 472 cm³/mol. The highest BCUT2D eigenvalue weighted by molar-refractivity contribution is 14.1. The second-order valence-corrected chi connectivity index (χ2v) is 29.8. The molecule has 0 atom stereocenters. The Morgan fingerprint density at radius 2 is 0.925 bits per heavy atom. The summed E-state index contributed by atoms with van der Waals surface area (Å²) in [6.45, 7) is 17.0. The van der Waals surface area contributed by atoms with Crippen molar-refractivity contribution in [3.05, 3.63) is 287 Å². The number of carbonyl (C=O) groups is 7. The van der Waals surface area contributed by atoms with Crippen molar-refractivity contribution >= 4 is 277 Å². The van der Waals surface area contributed by atoms with Crippen LogP contribution in [0.3, 0.4) is 0 Å². The van der Waals surface area contributed by atoms with Gasteiger partial charge in [0.1, 0.15) is 12.5 Å². The molecule has 9 aromatic rings. The fourth-order valence-electron chi connectivity index (χ4n) is 7.78. The third-order valence-corrected chi connectivity index (χ3v) is 23.6. The van der Waals surface area contributed by atoms with Crippen LogP contribution in [0, 0.1) is 82.8 Å². The largest absolute Gasteiger partial charge is 0.478 e. The number of nitrogens with two attached hydrogens (primary N) is 2. The maximum atomic E-state index is 11.5. The number of Topliss-reactive ketones (excluding diaryl/α,β-unsaturated/α-hetero) is 1. The molecule has 9 aromatic carbocycles. The van der Waals surface area contributed by atoms with Crippen molar-refractivity contribution in [2.45, 2.75) is 62.3 Å². The summed E-state index contributed by atoms with van der Waals surface area (Å²) in [7, 11) is 0. The van der Waals surface area contributed by atoms with Crippen molar-refractivity contribution < 1.29 is 63.6 Å². The molecule has 33 heteroatoms. The molecular formula is C73H68Br8I3N7O15. The lowest BCUT2D eigenvalue weighted by atomic mass is 10.1. The highest BCUT2D eigenvalue weighted by atomic mass is 127. The minimum absolute atomic E-state index is 0.149. The van der Waals surface area contributed by atoms with E-state index in [1.54, 1.807) is 107 Å². The summed E-state index contributed by atoms with van der Waals surface area (Å²) < 4.78 is 13.9. The number of nitrogen functional groups attached to an aromatic ring is 2. The lowest BCUT2D eigenvalue weighted by Crippen LogP contribution is -2.13. The molecule has 22 nitrogen and oxygen atoms in total. The number of fused-ring (bicyclic) bond motifs is 1. The van der Waals surface area contributed by atoms with Gasteiger partial charge < -0.3 is 42.3 Å². The molecule has 562 valence electrons. The number of hydrogen-bond acceptors (Lipinski definition) is 16. The Morgan fingerprint density at radius 1 is 0.528 bits per heavy atom. The number of carboxylic acids is 2. The highest BCUT2D eigenvalue weighted by Crippen LogP contribution is 2.33. The van der Waals surface area contributed by atoms with E-state index in [-0.39, 0.29) is 32.8 Å².